The van der Waals surface area contributed by atoms with Crippen LogP contribution in [0.15, 0.2) is 29.3 Å². The van der Waals surface area contributed by atoms with Gasteiger partial charge >= 0.3 is 0 Å². The first-order chi connectivity index (χ1) is 13.5. The van der Waals surface area contributed by atoms with Crippen molar-refractivity contribution in [2.75, 3.05) is 75.0 Å². The third kappa shape index (κ3) is 6.86. The van der Waals surface area contributed by atoms with Gasteiger partial charge in [-0.3, -0.25) is 4.99 Å². The molecule has 0 amide bonds. The summed E-state index contributed by atoms with van der Waals surface area (Å²) in [6.07, 6.45) is 0. The van der Waals surface area contributed by atoms with Crippen LogP contribution < -0.4 is 10.2 Å². The standard InChI is InChI=1S/C18H28FN5O2S2.HI/c1-20-18(21-6-15-28(25,26)24-11-13-27-14-12-24)23-9-7-22(8-10-23)17-4-2-16(19)3-5-17;/h2-5H,6-15H2,1H3,(H,20,21);1H. The Labute approximate surface area is 194 Å². The van der Waals surface area contributed by atoms with Crippen molar-refractivity contribution in [3.8, 4) is 0 Å². The quantitative estimate of drug-likeness (QED) is 0.337. The number of hydrogen-bond acceptors (Lipinski definition) is 5. The minimum atomic E-state index is -3.22. The van der Waals surface area contributed by atoms with Crippen LogP contribution >= 0.6 is 35.7 Å². The molecule has 0 bridgehead atoms. The molecule has 1 aromatic carbocycles. The van der Waals surface area contributed by atoms with Crippen molar-refractivity contribution < 1.29 is 12.8 Å². The molecule has 0 aliphatic carbocycles. The predicted molar refractivity (Wildman–Crippen MR) is 130 cm³/mol. The van der Waals surface area contributed by atoms with Gasteiger partial charge in [-0.1, -0.05) is 0 Å². The van der Waals surface area contributed by atoms with Gasteiger partial charge in [0.25, 0.3) is 0 Å². The molecule has 1 N–H and O–H groups in total. The van der Waals surface area contributed by atoms with Gasteiger partial charge < -0.3 is 15.1 Å². The first-order valence-electron chi connectivity index (χ1n) is 9.51. The summed E-state index contributed by atoms with van der Waals surface area (Å²) >= 11 is 1.80. The largest absolute Gasteiger partial charge is 0.368 e. The summed E-state index contributed by atoms with van der Waals surface area (Å²) < 4.78 is 39.6. The van der Waals surface area contributed by atoms with Gasteiger partial charge in [0.05, 0.1) is 5.75 Å². The fourth-order valence-electron chi connectivity index (χ4n) is 3.41. The van der Waals surface area contributed by atoms with Gasteiger partial charge in [-0.05, 0) is 24.3 Å². The first-order valence-corrected chi connectivity index (χ1v) is 12.3. The lowest BCUT2D eigenvalue weighted by atomic mass is 10.2. The molecule has 2 fully saturated rings. The number of aliphatic imine (C=N–C) groups is 1. The summed E-state index contributed by atoms with van der Waals surface area (Å²) in [5.41, 5.74) is 1.01. The van der Waals surface area contributed by atoms with Crippen molar-refractivity contribution in [3.05, 3.63) is 30.1 Å². The third-order valence-corrected chi connectivity index (χ3v) is 7.80. The van der Waals surface area contributed by atoms with E-state index in [1.165, 1.54) is 12.1 Å². The average Bonchev–Trinajstić information content (AvgIpc) is 2.73. The molecule has 1 aromatic rings. The van der Waals surface area contributed by atoms with Crippen LogP contribution in [0.4, 0.5) is 10.1 Å². The maximum atomic E-state index is 13.1. The molecular weight excluding hydrogens is 528 g/mol. The summed E-state index contributed by atoms with van der Waals surface area (Å²) in [5, 5.41) is 3.19. The van der Waals surface area contributed by atoms with E-state index < -0.39 is 10.0 Å². The van der Waals surface area contributed by atoms with Crippen molar-refractivity contribution in [3.63, 3.8) is 0 Å². The third-order valence-electron chi connectivity index (χ3n) is 4.99. The van der Waals surface area contributed by atoms with Gasteiger partial charge in [-0.15, -0.1) is 24.0 Å². The number of thioether (sulfide) groups is 1. The van der Waals surface area contributed by atoms with Gasteiger partial charge in [0, 0.05) is 70.1 Å². The Morgan fingerprint density at radius 1 is 1.10 bits per heavy atom. The second kappa shape index (κ2) is 11.6. The molecule has 0 aromatic heterocycles. The highest BCUT2D eigenvalue weighted by Crippen LogP contribution is 2.17. The molecule has 0 atom stereocenters. The molecule has 0 unspecified atom stereocenters. The molecule has 2 aliphatic heterocycles. The van der Waals surface area contributed by atoms with Crippen LogP contribution in [0.25, 0.3) is 0 Å². The summed E-state index contributed by atoms with van der Waals surface area (Å²) in [7, 11) is -1.51. The smallest absolute Gasteiger partial charge is 0.215 e. The van der Waals surface area contributed by atoms with Gasteiger partial charge in [0.2, 0.25) is 10.0 Å². The second-order valence-corrected chi connectivity index (χ2v) is 10.1. The lowest BCUT2D eigenvalue weighted by Crippen LogP contribution is -2.53. The number of piperazine rings is 1. The van der Waals surface area contributed by atoms with Crippen LogP contribution in [0.5, 0.6) is 0 Å². The molecular formula is C18H29FIN5O2S2. The van der Waals surface area contributed by atoms with E-state index in [-0.39, 0.29) is 35.5 Å². The molecule has 164 valence electrons. The zero-order chi connectivity index (χ0) is 20.0. The fourth-order valence-corrected chi connectivity index (χ4v) is 5.90. The van der Waals surface area contributed by atoms with Crippen LogP contribution in [-0.4, -0.2) is 93.7 Å². The van der Waals surface area contributed by atoms with E-state index in [0.29, 0.717) is 19.6 Å². The van der Waals surface area contributed by atoms with E-state index in [1.807, 2.05) is 0 Å². The topological polar surface area (TPSA) is 68.2 Å². The Kier molecular flexibility index (Phi) is 9.76. The minimum Gasteiger partial charge on any atom is -0.368 e. The van der Waals surface area contributed by atoms with Crippen molar-refractivity contribution >= 4 is 57.4 Å². The van der Waals surface area contributed by atoms with E-state index in [0.717, 1.165) is 49.3 Å². The first kappa shape index (κ1) is 24.5. The van der Waals surface area contributed by atoms with Crippen molar-refractivity contribution in [2.24, 2.45) is 4.99 Å². The number of nitrogens with one attached hydrogen (secondary N) is 1. The monoisotopic (exact) mass is 557 g/mol. The highest BCUT2D eigenvalue weighted by Gasteiger charge is 2.24. The Balaban J connectivity index is 0.00000300. The molecule has 2 saturated heterocycles. The van der Waals surface area contributed by atoms with E-state index >= 15 is 0 Å². The predicted octanol–water partition coefficient (Wildman–Crippen LogP) is 1.52. The van der Waals surface area contributed by atoms with Gasteiger partial charge in [0.1, 0.15) is 5.82 Å². The number of hydrogen-bond donors (Lipinski definition) is 1. The summed E-state index contributed by atoms with van der Waals surface area (Å²) in [4.78, 5) is 8.64. The van der Waals surface area contributed by atoms with Crippen molar-refractivity contribution in [1.82, 2.24) is 14.5 Å². The summed E-state index contributed by atoms with van der Waals surface area (Å²) in [6.45, 7) is 4.70. The Hall–Kier alpha value is -0.790. The molecule has 7 nitrogen and oxygen atoms in total. The fraction of sp³-hybridized carbons (Fsp3) is 0.611. The SMILES string of the molecule is CN=C(NCCS(=O)(=O)N1CCSCC1)N1CCN(c2ccc(F)cc2)CC1.I. The van der Waals surface area contributed by atoms with Crippen LogP contribution in [0.1, 0.15) is 0 Å². The molecule has 2 aliphatic rings. The minimum absolute atomic E-state index is 0. The summed E-state index contributed by atoms with van der Waals surface area (Å²) in [5.74, 6) is 2.30. The van der Waals surface area contributed by atoms with Crippen molar-refractivity contribution in [1.29, 1.82) is 0 Å². The lowest BCUT2D eigenvalue weighted by Gasteiger charge is -2.37. The van der Waals surface area contributed by atoms with Crippen LogP contribution in [0.2, 0.25) is 0 Å². The number of anilines is 1. The highest BCUT2D eigenvalue weighted by atomic mass is 127. The van der Waals surface area contributed by atoms with E-state index in [9.17, 15) is 12.8 Å². The lowest BCUT2D eigenvalue weighted by molar-refractivity contribution is 0.373. The molecule has 2 heterocycles. The second-order valence-electron chi connectivity index (χ2n) is 6.75. The molecule has 0 spiro atoms. The number of sulfonamides is 1. The average molecular weight is 557 g/mol. The van der Waals surface area contributed by atoms with Crippen LogP contribution in [-0.2, 0) is 10.0 Å². The number of halogens is 2. The van der Waals surface area contributed by atoms with Crippen LogP contribution in [0.3, 0.4) is 0 Å². The number of rotatable bonds is 5. The zero-order valence-corrected chi connectivity index (χ0v) is 20.6. The van der Waals surface area contributed by atoms with E-state index in [2.05, 4.69) is 20.1 Å². The molecule has 0 radical (unpaired) electrons. The van der Waals surface area contributed by atoms with Gasteiger partial charge in [0.15, 0.2) is 5.96 Å². The number of benzene rings is 1. The highest BCUT2D eigenvalue weighted by molar-refractivity contribution is 14.0. The van der Waals surface area contributed by atoms with E-state index in [4.69, 9.17) is 0 Å². The number of nitrogens with zero attached hydrogens (tertiary/aromatic N) is 4. The Bertz CT molecular complexity index is 765. The zero-order valence-electron chi connectivity index (χ0n) is 16.6. The molecule has 3 rings (SSSR count). The Morgan fingerprint density at radius 2 is 1.72 bits per heavy atom. The maximum Gasteiger partial charge on any atom is 0.215 e. The van der Waals surface area contributed by atoms with E-state index in [1.54, 1.807) is 35.2 Å². The molecule has 0 saturated carbocycles. The van der Waals surface area contributed by atoms with Crippen molar-refractivity contribution in [2.45, 2.75) is 0 Å². The number of guanidine groups is 1. The maximum absolute atomic E-state index is 13.1. The van der Waals surface area contributed by atoms with Gasteiger partial charge in [-0.25, -0.2) is 17.1 Å². The molecule has 11 heteroatoms. The van der Waals surface area contributed by atoms with Gasteiger partial charge in [-0.2, -0.15) is 11.8 Å². The molecule has 29 heavy (non-hydrogen) atoms. The Morgan fingerprint density at radius 3 is 2.31 bits per heavy atom. The van der Waals surface area contributed by atoms with Crippen LogP contribution in [0, 0.1) is 5.82 Å². The summed E-state index contributed by atoms with van der Waals surface area (Å²) in [6, 6.07) is 6.54. The normalized spacial score (nSPS) is 19.0.